The van der Waals surface area contributed by atoms with E-state index in [1.165, 1.54) is 16.3 Å². The lowest BCUT2D eigenvalue weighted by Gasteiger charge is -2.23. The average Bonchev–Trinajstić information content (AvgIpc) is 3.42. The van der Waals surface area contributed by atoms with E-state index in [-0.39, 0.29) is 47.5 Å². The van der Waals surface area contributed by atoms with E-state index in [4.69, 9.17) is 18.9 Å². The Kier molecular flexibility index (Phi) is 16.6. The van der Waals surface area contributed by atoms with Crippen LogP contribution in [-0.2, 0) is 38.6 Å². The van der Waals surface area contributed by atoms with Crippen molar-refractivity contribution in [3.05, 3.63) is 178 Å². The first kappa shape index (κ1) is 50.3. The molecule has 1 aliphatic rings. The van der Waals surface area contributed by atoms with Crippen molar-refractivity contribution in [3.63, 3.8) is 0 Å². The van der Waals surface area contributed by atoms with Crippen LogP contribution >= 0.6 is 0 Å². The van der Waals surface area contributed by atoms with Gasteiger partial charge in [-0.15, -0.1) is 0 Å². The van der Waals surface area contributed by atoms with E-state index in [9.17, 15) is 24.0 Å². The van der Waals surface area contributed by atoms with Crippen LogP contribution < -0.4 is 21.8 Å². The normalized spacial score (nSPS) is 12.6. The molecule has 8 aromatic rings. The number of nitrogens with zero attached hydrogens (tertiary/aromatic N) is 8. The van der Waals surface area contributed by atoms with Crippen molar-refractivity contribution in [1.82, 2.24) is 39.5 Å². The van der Waals surface area contributed by atoms with Crippen LogP contribution in [0.15, 0.2) is 150 Å². The maximum Gasteiger partial charge on any atom is 0.511 e. The van der Waals surface area contributed by atoms with Crippen molar-refractivity contribution in [2.75, 3.05) is 10.6 Å². The summed E-state index contributed by atoms with van der Waals surface area (Å²) in [5.41, 5.74) is 3.28. The highest BCUT2D eigenvalue weighted by atomic mass is 16.8. The van der Waals surface area contributed by atoms with E-state index in [2.05, 4.69) is 40.8 Å². The number of carbonyl (C=O) groups is 3. The minimum atomic E-state index is -1.29. The first-order chi connectivity index (χ1) is 35.6. The van der Waals surface area contributed by atoms with Crippen LogP contribution in [0, 0.1) is 0 Å². The summed E-state index contributed by atoms with van der Waals surface area (Å²) in [6.45, 7) is 5.66. The standard InChI is InChI=1S/C30H31N5O6.C24H21N5O3/c1-3-35-28(36)27(33-24-18-31-17-23-22(24)15-10-16-32-23)25(26(34-35)20-11-6-4-7-12-20)29(37)39-19(2)40-30(38)41-21-13-8-5-9-14-21;1-2-29-23(30)22(27-19-9-6-12-26-15-19)20(21(28-29)18-10-13-25-14-11-18)24(31)32-16-17-7-4-3-5-8-17/h4,6-7,10-12,15-19,21,33H,3,5,8-9,13-14H2,1-2H3;3-15,27H,2,16H2,1H3. The molecule has 2 N–H and O–H groups in total. The molecule has 1 aliphatic carbocycles. The minimum Gasteiger partial charge on any atom is -0.457 e. The van der Waals surface area contributed by atoms with Crippen LogP contribution in [0.2, 0.25) is 0 Å². The third kappa shape index (κ3) is 12.4. The maximum absolute atomic E-state index is 13.7. The number of hydrogen-bond donors (Lipinski definition) is 2. The van der Waals surface area contributed by atoms with Crippen molar-refractivity contribution >= 4 is 51.7 Å². The Morgan fingerprint density at radius 3 is 1.93 bits per heavy atom. The van der Waals surface area contributed by atoms with Gasteiger partial charge in [-0.2, -0.15) is 10.2 Å². The molecule has 19 heteroatoms. The lowest BCUT2D eigenvalue weighted by atomic mass is 9.98. The zero-order valence-corrected chi connectivity index (χ0v) is 40.3. The molecule has 1 atom stereocenters. The molecule has 0 aliphatic heterocycles. The number of ether oxygens (including phenoxy) is 4. The fourth-order valence-electron chi connectivity index (χ4n) is 8.04. The second-order valence-electron chi connectivity index (χ2n) is 16.6. The summed E-state index contributed by atoms with van der Waals surface area (Å²) in [7, 11) is 0. The summed E-state index contributed by atoms with van der Waals surface area (Å²) in [6.07, 6.45) is 13.4. The Labute approximate surface area is 419 Å². The summed E-state index contributed by atoms with van der Waals surface area (Å²) in [5, 5.41) is 15.8. The second-order valence-corrected chi connectivity index (χ2v) is 16.6. The molecule has 0 saturated heterocycles. The van der Waals surface area contributed by atoms with Crippen LogP contribution in [0.5, 0.6) is 0 Å². The van der Waals surface area contributed by atoms with Gasteiger partial charge in [-0.3, -0.25) is 29.5 Å². The fourth-order valence-corrected chi connectivity index (χ4v) is 8.04. The number of carbonyl (C=O) groups excluding carboxylic acids is 3. The van der Waals surface area contributed by atoms with Crippen LogP contribution in [0.25, 0.3) is 33.4 Å². The molecule has 1 saturated carbocycles. The van der Waals surface area contributed by atoms with Gasteiger partial charge in [0.15, 0.2) is 0 Å². The summed E-state index contributed by atoms with van der Waals surface area (Å²) in [6, 6.07) is 28.9. The Bertz CT molecular complexity index is 3300. The molecule has 6 heterocycles. The van der Waals surface area contributed by atoms with Crippen molar-refractivity contribution < 1.29 is 33.3 Å². The predicted octanol–water partition coefficient (Wildman–Crippen LogP) is 9.43. The fraction of sp³-hybridized carbons (Fsp3) is 0.241. The van der Waals surface area contributed by atoms with E-state index >= 15 is 0 Å². The largest absolute Gasteiger partial charge is 0.511 e. The number of esters is 2. The maximum atomic E-state index is 13.7. The number of nitrogens with one attached hydrogen (secondary N) is 2. The molecule has 0 amide bonds. The lowest BCUT2D eigenvalue weighted by molar-refractivity contribution is -0.0914. The molecular weight excluding hydrogens is 933 g/mol. The summed E-state index contributed by atoms with van der Waals surface area (Å²) in [5.74, 6) is -1.55. The van der Waals surface area contributed by atoms with Gasteiger partial charge in [-0.25, -0.2) is 23.7 Å². The highest BCUT2D eigenvalue weighted by molar-refractivity contribution is 6.04. The van der Waals surface area contributed by atoms with Crippen molar-refractivity contribution in [1.29, 1.82) is 0 Å². The Morgan fingerprint density at radius 2 is 1.27 bits per heavy atom. The smallest absolute Gasteiger partial charge is 0.457 e. The molecule has 2 aromatic carbocycles. The average molecular weight is 985 g/mol. The number of benzene rings is 2. The SMILES string of the molecule is CCn1nc(-c2ccccc2)c(C(=O)OC(C)OC(=O)OC2CCCCC2)c(Nc2cncc3ncccc23)c1=O.CCn1nc(-c2ccncc2)c(C(=O)OCc2ccccc2)c(Nc2cccnc2)c1=O. The number of anilines is 4. The molecule has 0 bridgehead atoms. The number of fused-ring (bicyclic) bond motifs is 1. The van der Waals surface area contributed by atoms with E-state index < -0.39 is 35.5 Å². The number of pyridine rings is 4. The monoisotopic (exact) mass is 984 g/mol. The summed E-state index contributed by atoms with van der Waals surface area (Å²) < 4.78 is 24.3. The number of aromatic nitrogens is 8. The van der Waals surface area contributed by atoms with Gasteiger partial charge in [0.25, 0.3) is 11.1 Å². The molecule has 372 valence electrons. The summed E-state index contributed by atoms with van der Waals surface area (Å²) in [4.78, 5) is 82.9. The third-order valence-electron chi connectivity index (χ3n) is 11.6. The topological polar surface area (TPSA) is 234 Å². The molecule has 1 fully saturated rings. The first-order valence-electron chi connectivity index (χ1n) is 23.8. The summed E-state index contributed by atoms with van der Waals surface area (Å²) >= 11 is 0. The molecule has 0 spiro atoms. The molecule has 9 rings (SSSR count). The van der Waals surface area contributed by atoms with Gasteiger partial charge in [0, 0.05) is 61.3 Å². The van der Waals surface area contributed by atoms with Crippen LogP contribution in [0.4, 0.5) is 27.5 Å². The lowest BCUT2D eigenvalue weighted by Crippen LogP contribution is -2.31. The Hall–Kier alpha value is -9.13. The van der Waals surface area contributed by atoms with Crippen LogP contribution in [-0.4, -0.2) is 70.0 Å². The van der Waals surface area contributed by atoms with E-state index in [1.807, 2.05) is 49.4 Å². The third-order valence-corrected chi connectivity index (χ3v) is 11.6. The van der Waals surface area contributed by atoms with E-state index in [0.717, 1.165) is 37.7 Å². The molecule has 6 aromatic heterocycles. The zero-order valence-electron chi connectivity index (χ0n) is 40.3. The number of hydrogen-bond acceptors (Lipinski definition) is 17. The second kappa shape index (κ2) is 24.1. The van der Waals surface area contributed by atoms with Crippen molar-refractivity contribution in [2.45, 2.75) is 85.0 Å². The van der Waals surface area contributed by atoms with Gasteiger partial charge in [0.2, 0.25) is 6.29 Å². The quantitative estimate of drug-likeness (QED) is 0.0553. The van der Waals surface area contributed by atoms with Crippen molar-refractivity contribution in [2.24, 2.45) is 0 Å². The first-order valence-corrected chi connectivity index (χ1v) is 23.8. The van der Waals surface area contributed by atoms with E-state index in [0.29, 0.717) is 45.6 Å². The Morgan fingerprint density at radius 1 is 0.644 bits per heavy atom. The van der Waals surface area contributed by atoms with Gasteiger partial charge in [0.1, 0.15) is 46.6 Å². The molecule has 1 unspecified atom stereocenters. The van der Waals surface area contributed by atoms with Crippen LogP contribution in [0.1, 0.15) is 79.2 Å². The molecule has 0 radical (unpaired) electrons. The minimum absolute atomic E-state index is 0.0548. The van der Waals surface area contributed by atoms with E-state index in [1.54, 1.807) is 105 Å². The van der Waals surface area contributed by atoms with Crippen LogP contribution in [0.3, 0.4) is 0 Å². The molecular formula is C54H52N10O9. The Balaban J connectivity index is 0.000000201. The molecule has 19 nitrogen and oxygen atoms in total. The highest BCUT2D eigenvalue weighted by Gasteiger charge is 2.30. The zero-order chi connectivity index (χ0) is 51.1. The van der Waals surface area contributed by atoms with Gasteiger partial charge in [-0.1, -0.05) is 67.1 Å². The highest BCUT2D eigenvalue weighted by Crippen LogP contribution is 2.32. The predicted molar refractivity (Wildman–Crippen MR) is 272 cm³/mol. The number of rotatable bonds is 15. The van der Waals surface area contributed by atoms with Gasteiger partial charge in [0.05, 0.1) is 35.5 Å². The van der Waals surface area contributed by atoms with Gasteiger partial charge < -0.3 is 29.6 Å². The van der Waals surface area contributed by atoms with Gasteiger partial charge in [-0.05, 0) is 81.5 Å². The molecule has 73 heavy (non-hydrogen) atoms. The number of aryl methyl sites for hydroxylation is 2. The van der Waals surface area contributed by atoms with Gasteiger partial charge >= 0.3 is 18.1 Å². The van der Waals surface area contributed by atoms with Crippen molar-refractivity contribution in [3.8, 4) is 22.5 Å².